The van der Waals surface area contributed by atoms with Crippen LogP contribution < -0.4 is 15.5 Å². The molecule has 0 radical (unpaired) electrons. The molecule has 0 fully saturated rings. The summed E-state index contributed by atoms with van der Waals surface area (Å²) in [4.78, 5) is 20.7. The van der Waals surface area contributed by atoms with Gasteiger partial charge in [0, 0.05) is 36.6 Å². The third-order valence-corrected chi connectivity index (χ3v) is 8.17. The van der Waals surface area contributed by atoms with Gasteiger partial charge in [0.15, 0.2) is 11.7 Å². The number of nitriles is 1. The van der Waals surface area contributed by atoms with E-state index in [0.29, 0.717) is 41.8 Å². The molecule has 1 atom stereocenters. The van der Waals surface area contributed by atoms with Crippen molar-refractivity contribution in [2.45, 2.75) is 32.4 Å². The molecule has 1 unspecified atom stereocenters. The molecule has 4 heterocycles. The highest BCUT2D eigenvalue weighted by Crippen LogP contribution is 2.43. The van der Waals surface area contributed by atoms with Gasteiger partial charge in [-0.15, -0.1) is 0 Å². The lowest BCUT2D eigenvalue weighted by Crippen LogP contribution is -2.33. The van der Waals surface area contributed by atoms with Crippen molar-refractivity contribution < 1.29 is 14.4 Å². The molecule has 0 aliphatic carbocycles. The number of hydrogen-bond donors (Lipinski definition) is 4. The van der Waals surface area contributed by atoms with Crippen molar-refractivity contribution in [2.24, 2.45) is 0 Å². The number of hydroxylamine groups is 4. The van der Waals surface area contributed by atoms with E-state index >= 15 is 0 Å². The van der Waals surface area contributed by atoms with Crippen molar-refractivity contribution in [1.29, 1.82) is 10.7 Å². The van der Waals surface area contributed by atoms with Crippen molar-refractivity contribution in [3.05, 3.63) is 114 Å². The highest BCUT2D eigenvalue weighted by atomic mass is 19.1. The highest BCUT2D eigenvalue weighted by Gasteiger charge is 2.32. The molecule has 13 heteroatoms. The Morgan fingerprint density at radius 2 is 1.92 bits per heavy atom. The molecule has 0 spiro atoms. The molecule has 2 aliphatic rings. The third-order valence-electron chi connectivity index (χ3n) is 8.17. The zero-order valence-electron chi connectivity index (χ0n) is 26.6. The number of pyridine rings is 1. The van der Waals surface area contributed by atoms with Crippen LogP contribution in [-0.4, -0.2) is 62.4 Å². The number of benzene rings is 2. The summed E-state index contributed by atoms with van der Waals surface area (Å²) in [6.07, 6.45) is 6.82. The van der Waals surface area contributed by atoms with Crippen molar-refractivity contribution in [1.82, 2.24) is 25.1 Å². The van der Waals surface area contributed by atoms with E-state index in [4.69, 9.17) is 20.5 Å². The molecule has 12 nitrogen and oxygen atoms in total. The first kappa shape index (κ1) is 32.3. The number of halogens is 1. The molecule has 2 aliphatic heterocycles. The molecule has 2 aromatic heterocycles. The Labute approximate surface area is 277 Å². The first-order valence-electron chi connectivity index (χ1n) is 15.5. The Balaban J connectivity index is 1.23. The van der Waals surface area contributed by atoms with Gasteiger partial charge in [0.1, 0.15) is 23.5 Å². The van der Waals surface area contributed by atoms with Gasteiger partial charge in [0.05, 0.1) is 30.6 Å². The summed E-state index contributed by atoms with van der Waals surface area (Å²) in [6.45, 7) is 3.51. The SMILES string of the molecule is CCC(CCN(Cc1ccc(N2/C(=C3\C=CCN(O)C3=N)Nc3ccc(-c4ccc(F)cc4)nc32)cc1)OC)Nc1ccnc(C#N)n1. The maximum Gasteiger partial charge on any atom is 0.234 e. The molecule has 0 saturated carbocycles. The van der Waals surface area contributed by atoms with Gasteiger partial charge in [-0.2, -0.15) is 10.3 Å². The van der Waals surface area contributed by atoms with Crippen LogP contribution in [0.4, 0.5) is 27.4 Å². The fraction of sp³-hybridized carbons (Fsp3) is 0.229. The van der Waals surface area contributed by atoms with Crippen LogP contribution in [0.15, 0.2) is 96.5 Å². The monoisotopic (exact) mass is 646 g/mol. The lowest BCUT2D eigenvalue weighted by molar-refractivity contribution is -0.139. The quantitative estimate of drug-likeness (QED) is 0.138. The largest absolute Gasteiger partial charge is 0.367 e. The zero-order valence-corrected chi connectivity index (χ0v) is 26.6. The average molecular weight is 647 g/mol. The van der Waals surface area contributed by atoms with E-state index in [1.807, 2.05) is 58.5 Å². The Morgan fingerprint density at radius 3 is 2.65 bits per heavy atom. The maximum atomic E-state index is 13.6. The van der Waals surface area contributed by atoms with E-state index in [-0.39, 0.29) is 30.1 Å². The van der Waals surface area contributed by atoms with E-state index in [0.717, 1.165) is 40.4 Å². The van der Waals surface area contributed by atoms with Gasteiger partial charge < -0.3 is 15.5 Å². The van der Waals surface area contributed by atoms with Crippen LogP contribution in [0.5, 0.6) is 0 Å². The summed E-state index contributed by atoms with van der Waals surface area (Å²) >= 11 is 0. The van der Waals surface area contributed by atoms with E-state index in [1.165, 1.54) is 12.1 Å². The second-order valence-corrected chi connectivity index (χ2v) is 11.3. The first-order valence-corrected chi connectivity index (χ1v) is 15.5. The first-order chi connectivity index (χ1) is 23.4. The molecule has 0 bridgehead atoms. The fourth-order valence-electron chi connectivity index (χ4n) is 5.57. The second-order valence-electron chi connectivity index (χ2n) is 11.3. The van der Waals surface area contributed by atoms with Gasteiger partial charge in [-0.1, -0.05) is 25.1 Å². The summed E-state index contributed by atoms with van der Waals surface area (Å²) in [6, 6.07) is 21.8. The number of hydrogen-bond acceptors (Lipinski definition) is 11. The Kier molecular flexibility index (Phi) is 9.67. The second kappa shape index (κ2) is 14.4. The Bertz CT molecular complexity index is 1890. The van der Waals surface area contributed by atoms with Crippen LogP contribution >= 0.6 is 0 Å². The van der Waals surface area contributed by atoms with Crippen molar-refractivity contribution in [3.63, 3.8) is 0 Å². The number of amidine groups is 1. The molecule has 2 aromatic carbocycles. The van der Waals surface area contributed by atoms with Gasteiger partial charge in [0.2, 0.25) is 5.82 Å². The Hall–Kier alpha value is -5.68. The minimum Gasteiger partial charge on any atom is -0.367 e. The molecule has 0 amide bonds. The van der Waals surface area contributed by atoms with Crippen LogP contribution in [0, 0.1) is 22.6 Å². The highest BCUT2D eigenvalue weighted by molar-refractivity contribution is 6.03. The lowest BCUT2D eigenvalue weighted by atomic mass is 10.1. The summed E-state index contributed by atoms with van der Waals surface area (Å²) in [5, 5.41) is 37.6. The van der Waals surface area contributed by atoms with E-state index in [2.05, 4.69) is 27.5 Å². The van der Waals surface area contributed by atoms with Gasteiger partial charge >= 0.3 is 0 Å². The van der Waals surface area contributed by atoms with Crippen LogP contribution in [-0.2, 0) is 11.4 Å². The van der Waals surface area contributed by atoms with Crippen LogP contribution in [0.3, 0.4) is 0 Å². The van der Waals surface area contributed by atoms with Crippen molar-refractivity contribution >= 4 is 28.8 Å². The number of nitrogens with one attached hydrogen (secondary N) is 3. The number of rotatable bonds is 11. The fourth-order valence-corrected chi connectivity index (χ4v) is 5.57. The summed E-state index contributed by atoms with van der Waals surface area (Å²) in [7, 11) is 1.65. The molecule has 4 aromatic rings. The molecule has 48 heavy (non-hydrogen) atoms. The predicted molar refractivity (Wildman–Crippen MR) is 181 cm³/mol. The van der Waals surface area contributed by atoms with Crippen LogP contribution in [0.2, 0.25) is 0 Å². The van der Waals surface area contributed by atoms with Gasteiger partial charge in [0.25, 0.3) is 0 Å². The molecule has 0 saturated heterocycles. The molecule has 6 rings (SSSR count). The number of aromatic nitrogens is 3. The van der Waals surface area contributed by atoms with Crippen molar-refractivity contribution in [3.8, 4) is 17.3 Å². The number of nitrogens with zero attached hydrogens (tertiary/aromatic N) is 7. The standard InChI is InChI=1S/C35H35FN10O2/c1-3-26(40-31-16-18-39-32(21-37)43-31)17-20-44(48-2)22-23-6-12-27(13-7-23)46-34(28-5-4-19-45(47)33(28)38)42-30-15-14-29(41-35(30)46)24-8-10-25(36)11-9-24/h4-16,18,26,38,42,47H,3,17,19-20,22H2,1-2H3,(H,39,40,43)/b34-28+,38-33?. The maximum absolute atomic E-state index is 13.6. The van der Waals surface area contributed by atoms with E-state index in [1.54, 1.807) is 37.6 Å². The minimum absolute atomic E-state index is 0.0333. The van der Waals surface area contributed by atoms with E-state index < -0.39 is 0 Å². The minimum atomic E-state index is -0.322. The average Bonchev–Trinajstić information content (AvgIpc) is 3.49. The number of fused-ring (bicyclic) bond motifs is 1. The summed E-state index contributed by atoms with van der Waals surface area (Å²) < 4.78 is 13.6. The van der Waals surface area contributed by atoms with Crippen molar-refractivity contribution in [2.75, 3.05) is 35.7 Å². The van der Waals surface area contributed by atoms with Gasteiger partial charge in [-0.3, -0.25) is 15.5 Å². The lowest BCUT2D eigenvalue weighted by Gasteiger charge is -2.26. The van der Waals surface area contributed by atoms with Crippen LogP contribution in [0.1, 0.15) is 31.2 Å². The van der Waals surface area contributed by atoms with E-state index in [9.17, 15) is 9.60 Å². The summed E-state index contributed by atoms with van der Waals surface area (Å²) in [5.41, 5.74) is 4.50. The molecule has 244 valence electrons. The summed E-state index contributed by atoms with van der Waals surface area (Å²) in [5.74, 6) is 1.59. The van der Waals surface area contributed by atoms with Crippen LogP contribution in [0.25, 0.3) is 11.3 Å². The van der Waals surface area contributed by atoms with Gasteiger partial charge in [-0.05, 0) is 79.1 Å². The predicted octanol–water partition coefficient (Wildman–Crippen LogP) is 6.21. The normalized spacial score (nSPS) is 16.1. The van der Waals surface area contributed by atoms with Gasteiger partial charge in [-0.25, -0.2) is 24.4 Å². The zero-order chi connectivity index (χ0) is 33.6. The molecular formula is C35H35FN10O2. The smallest absolute Gasteiger partial charge is 0.234 e. The third kappa shape index (κ3) is 7.01. The molecule has 4 N–H and O–H groups in total. The topological polar surface area (TPSA) is 150 Å². The molecular weight excluding hydrogens is 611 g/mol. The number of anilines is 4. The Morgan fingerprint density at radius 1 is 1.12 bits per heavy atom.